The van der Waals surface area contributed by atoms with Crippen LogP contribution in [0.5, 0.6) is 11.5 Å². The maximum atomic E-state index is 5.46. The van der Waals surface area contributed by atoms with E-state index in [0.717, 1.165) is 38.8 Å². The number of fused-ring (bicyclic) bond motifs is 2. The third-order valence-electron chi connectivity index (χ3n) is 4.23. The van der Waals surface area contributed by atoms with Crippen LogP contribution in [0.25, 0.3) is 21.7 Å². The van der Waals surface area contributed by atoms with Gasteiger partial charge in [-0.25, -0.2) is 9.97 Å². The minimum Gasteiger partial charge on any atom is -0.454 e. The van der Waals surface area contributed by atoms with Crippen LogP contribution in [-0.4, -0.2) is 26.5 Å². The molecule has 0 saturated heterocycles. The molecule has 0 atom stereocenters. The van der Waals surface area contributed by atoms with E-state index in [9.17, 15) is 0 Å². The van der Waals surface area contributed by atoms with E-state index >= 15 is 0 Å². The van der Waals surface area contributed by atoms with Crippen molar-refractivity contribution in [2.24, 2.45) is 7.05 Å². The fraction of sp³-hybridized carbons (Fsp3) is 0.167. The molecule has 0 fully saturated rings. The van der Waals surface area contributed by atoms with E-state index in [1.807, 2.05) is 49.7 Å². The molecular formula is C18H16ClN5O2S. The highest BCUT2D eigenvalue weighted by molar-refractivity contribution is 7.13. The molecule has 0 bridgehead atoms. The van der Waals surface area contributed by atoms with E-state index in [2.05, 4.69) is 10.4 Å². The number of anilines is 2. The van der Waals surface area contributed by atoms with Crippen molar-refractivity contribution in [1.82, 2.24) is 19.7 Å². The number of thiophene rings is 1. The van der Waals surface area contributed by atoms with Crippen LogP contribution in [0.3, 0.4) is 0 Å². The zero-order valence-electron chi connectivity index (χ0n) is 14.6. The van der Waals surface area contributed by atoms with Crippen LogP contribution >= 0.6 is 23.7 Å². The highest BCUT2D eigenvalue weighted by atomic mass is 35.5. The highest BCUT2D eigenvalue weighted by Crippen LogP contribution is 2.36. The molecule has 0 unspecified atom stereocenters. The Hall–Kier alpha value is -2.84. The molecule has 0 amide bonds. The molecule has 1 aliphatic heterocycles. The van der Waals surface area contributed by atoms with Crippen LogP contribution in [0.1, 0.15) is 5.69 Å². The Labute approximate surface area is 165 Å². The van der Waals surface area contributed by atoms with Crippen LogP contribution in [0, 0.1) is 6.92 Å². The predicted molar refractivity (Wildman–Crippen MR) is 107 cm³/mol. The molecule has 1 aliphatic rings. The van der Waals surface area contributed by atoms with E-state index in [-0.39, 0.29) is 19.2 Å². The molecule has 7 nitrogen and oxygen atoms in total. The van der Waals surface area contributed by atoms with Gasteiger partial charge in [-0.3, -0.25) is 4.68 Å². The number of benzene rings is 1. The smallest absolute Gasteiger partial charge is 0.231 e. The van der Waals surface area contributed by atoms with E-state index in [4.69, 9.17) is 19.4 Å². The number of aromatic nitrogens is 4. The van der Waals surface area contributed by atoms with E-state index in [0.29, 0.717) is 11.6 Å². The van der Waals surface area contributed by atoms with Crippen molar-refractivity contribution < 1.29 is 9.47 Å². The highest BCUT2D eigenvalue weighted by Gasteiger charge is 2.18. The summed E-state index contributed by atoms with van der Waals surface area (Å²) in [4.78, 5) is 10.5. The van der Waals surface area contributed by atoms with Crippen LogP contribution in [-0.2, 0) is 7.05 Å². The summed E-state index contributed by atoms with van der Waals surface area (Å²) < 4.78 is 12.6. The summed E-state index contributed by atoms with van der Waals surface area (Å²) in [6.45, 7) is 2.21. The van der Waals surface area contributed by atoms with E-state index < -0.39 is 0 Å². The van der Waals surface area contributed by atoms with Crippen molar-refractivity contribution in [1.29, 1.82) is 0 Å². The first-order chi connectivity index (χ1) is 12.7. The SMILES string of the molecule is Cc1nn(C)c2c(Nc3ccc4c(c3)OCO4)nc(-c3cccs3)nc12.Cl. The number of ether oxygens (including phenoxy) is 2. The quantitative estimate of drug-likeness (QED) is 0.552. The summed E-state index contributed by atoms with van der Waals surface area (Å²) in [6.07, 6.45) is 0. The molecule has 27 heavy (non-hydrogen) atoms. The Bertz CT molecular complexity index is 1130. The number of rotatable bonds is 3. The van der Waals surface area contributed by atoms with Gasteiger partial charge in [-0.2, -0.15) is 5.10 Å². The van der Waals surface area contributed by atoms with Crippen LogP contribution < -0.4 is 14.8 Å². The Kier molecular flexibility index (Phi) is 4.37. The third kappa shape index (κ3) is 2.96. The van der Waals surface area contributed by atoms with Gasteiger partial charge >= 0.3 is 0 Å². The summed E-state index contributed by atoms with van der Waals surface area (Å²) in [5.41, 5.74) is 3.44. The number of hydrogen-bond donors (Lipinski definition) is 1. The van der Waals surface area contributed by atoms with Crippen molar-refractivity contribution in [3.63, 3.8) is 0 Å². The zero-order chi connectivity index (χ0) is 17.7. The van der Waals surface area contributed by atoms with Crippen LogP contribution in [0.15, 0.2) is 35.7 Å². The molecule has 0 saturated carbocycles. The molecule has 4 heterocycles. The van der Waals surface area contributed by atoms with Crippen LogP contribution in [0.4, 0.5) is 11.5 Å². The normalized spacial score (nSPS) is 12.2. The van der Waals surface area contributed by atoms with Gasteiger partial charge in [0.05, 0.1) is 10.6 Å². The van der Waals surface area contributed by atoms with Crippen LogP contribution in [0.2, 0.25) is 0 Å². The van der Waals surface area contributed by atoms with Crippen molar-refractivity contribution in [3.8, 4) is 22.2 Å². The second-order valence-electron chi connectivity index (χ2n) is 5.97. The average molecular weight is 402 g/mol. The lowest BCUT2D eigenvalue weighted by molar-refractivity contribution is 0.174. The fourth-order valence-corrected chi connectivity index (χ4v) is 3.71. The minimum atomic E-state index is 0. The number of hydrogen-bond acceptors (Lipinski definition) is 7. The second-order valence-corrected chi connectivity index (χ2v) is 6.92. The monoisotopic (exact) mass is 401 g/mol. The first kappa shape index (κ1) is 17.6. The van der Waals surface area contributed by atoms with Gasteiger partial charge in [0.2, 0.25) is 6.79 Å². The zero-order valence-corrected chi connectivity index (χ0v) is 16.2. The molecule has 0 spiro atoms. The molecule has 1 aromatic carbocycles. The molecule has 4 aromatic rings. The summed E-state index contributed by atoms with van der Waals surface area (Å²) in [6, 6.07) is 9.74. The fourth-order valence-electron chi connectivity index (χ4n) is 3.05. The maximum absolute atomic E-state index is 5.46. The lowest BCUT2D eigenvalue weighted by atomic mass is 10.2. The largest absolute Gasteiger partial charge is 0.454 e. The van der Waals surface area contributed by atoms with Gasteiger partial charge in [0.25, 0.3) is 0 Å². The van der Waals surface area contributed by atoms with Crippen molar-refractivity contribution >= 4 is 46.3 Å². The maximum Gasteiger partial charge on any atom is 0.231 e. The first-order valence-corrected chi connectivity index (χ1v) is 8.99. The lowest BCUT2D eigenvalue weighted by Crippen LogP contribution is -2.01. The molecule has 138 valence electrons. The Balaban J connectivity index is 0.00000180. The Morgan fingerprint density at radius 1 is 1.15 bits per heavy atom. The molecular weight excluding hydrogens is 386 g/mol. The van der Waals surface area contributed by atoms with Gasteiger partial charge in [0.1, 0.15) is 11.0 Å². The molecule has 0 aliphatic carbocycles. The average Bonchev–Trinajstić information content (AvgIpc) is 3.36. The molecule has 3 aromatic heterocycles. The molecule has 1 N–H and O–H groups in total. The topological polar surface area (TPSA) is 74.1 Å². The number of nitrogens with zero attached hydrogens (tertiary/aromatic N) is 4. The summed E-state index contributed by atoms with van der Waals surface area (Å²) in [5.74, 6) is 2.87. The lowest BCUT2D eigenvalue weighted by Gasteiger charge is -2.10. The minimum absolute atomic E-state index is 0. The summed E-state index contributed by atoms with van der Waals surface area (Å²) in [7, 11) is 1.90. The van der Waals surface area contributed by atoms with Crippen molar-refractivity contribution in [2.75, 3.05) is 12.1 Å². The molecule has 5 rings (SSSR count). The first-order valence-electron chi connectivity index (χ1n) is 8.11. The standard InChI is InChI=1S/C18H15N5O2S.ClH/c1-10-15-16(23(2)22-10)18(21-17(20-15)14-4-3-7-26-14)19-11-5-6-12-13(8-11)25-9-24-12;/h3-8H,9H2,1-2H3,(H,19,20,21);1H. The van der Waals surface area contributed by atoms with Gasteiger partial charge in [0, 0.05) is 18.8 Å². The van der Waals surface area contributed by atoms with Gasteiger partial charge in [-0.15, -0.1) is 23.7 Å². The summed E-state index contributed by atoms with van der Waals surface area (Å²) in [5, 5.41) is 9.91. The predicted octanol–water partition coefficient (Wildman–Crippen LogP) is 4.29. The van der Waals surface area contributed by atoms with Gasteiger partial charge in [-0.05, 0) is 30.5 Å². The number of nitrogens with one attached hydrogen (secondary N) is 1. The van der Waals surface area contributed by atoms with Crippen molar-refractivity contribution in [2.45, 2.75) is 6.92 Å². The Morgan fingerprint density at radius 2 is 2.00 bits per heavy atom. The number of halogens is 1. The third-order valence-corrected chi connectivity index (χ3v) is 5.09. The number of aryl methyl sites for hydroxylation is 2. The second kappa shape index (κ2) is 6.71. The van der Waals surface area contributed by atoms with Gasteiger partial charge < -0.3 is 14.8 Å². The van der Waals surface area contributed by atoms with E-state index in [1.54, 1.807) is 16.0 Å². The van der Waals surface area contributed by atoms with Gasteiger partial charge in [-0.1, -0.05) is 6.07 Å². The molecule has 0 radical (unpaired) electrons. The van der Waals surface area contributed by atoms with Crippen molar-refractivity contribution in [3.05, 3.63) is 41.4 Å². The summed E-state index contributed by atoms with van der Waals surface area (Å²) >= 11 is 1.61. The molecule has 9 heteroatoms. The van der Waals surface area contributed by atoms with Gasteiger partial charge in [0.15, 0.2) is 23.1 Å². The van der Waals surface area contributed by atoms with E-state index in [1.165, 1.54) is 0 Å². The Morgan fingerprint density at radius 3 is 2.81 bits per heavy atom.